The van der Waals surface area contributed by atoms with Crippen LogP contribution < -0.4 is 9.71 Å². The quantitative estimate of drug-likeness (QED) is 0.639. The molecule has 2 aliphatic heterocycles. The van der Waals surface area contributed by atoms with Crippen LogP contribution in [0.25, 0.3) is 0 Å². The average molecular weight is 250 g/mol. The third kappa shape index (κ3) is 1.68. The van der Waals surface area contributed by atoms with Crippen LogP contribution in [0.1, 0.15) is 12.8 Å². The van der Waals surface area contributed by atoms with Crippen LogP contribution in [0.2, 0.25) is 0 Å². The minimum absolute atomic E-state index is 0.0123. The second kappa shape index (κ2) is 4.29. The molecule has 0 bridgehead atoms. The van der Waals surface area contributed by atoms with E-state index in [9.17, 15) is 5.11 Å². The number of aliphatic hydroxyl groups excluding tert-OH is 1. The number of aromatic hydroxyl groups is 1. The zero-order valence-corrected chi connectivity index (χ0v) is 10.2. The van der Waals surface area contributed by atoms with Crippen LogP contribution in [-0.2, 0) is 4.74 Å². The van der Waals surface area contributed by atoms with Crippen molar-refractivity contribution in [3.63, 3.8) is 0 Å². The number of rotatable bonds is 2. The SMILES string of the molecule is BN1CN([C@H]2CC[C@@H](CO)O2)c2ncnc(O)c21. The van der Waals surface area contributed by atoms with Gasteiger partial charge in [0.15, 0.2) is 5.82 Å². The number of fused-ring (bicyclic) bond motifs is 1. The molecule has 3 heterocycles. The monoisotopic (exact) mass is 250 g/mol. The molecular formula is C10H15BN4O3. The summed E-state index contributed by atoms with van der Waals surface area (Å²) < 4.78 is 5.75. The summed E-state index contributed by atoms with van der Waals surface area (Å²) in [5, 5.41) is 18.9. The number of aromatic nitrogens is 2. The van der Waals surface area contributed by atoms with Gasteiger partial charge in [0, 0.05) is 0 Å². The van der Waals surface area contributed by atoms with Gasteiger partial charge in [-0.15, -0.1) is 0 Å². The third-order valence-corrected chi connectivity index (χ3v) is 3.44. The number of aliphatic hydroxyl groups is 1. The lowest BCUT2D eigenvalue weighted by Gasteiger charge is -2.25. The van der Waals surface area contributed by atoms with Crippen LogP contribution in [0.15, 0.2) is 6.33 Å². The molecule has 2 atom stereocenters. The van der Waals surface area contributed by atoms with Crippen LogP contribution in [0.5, 0.6) is 5.88 Å². The van der Waals surface area contributed by atoms with Crippen molar-refractivity contribution in [1.82, 2.24) is 9.97 Å². The van der Waals surface area contributed by atoms with Crippen molar-refractivity contribution in [2.24, 2.45) is 0 Å². The lowest BCUT2D eigenvalue weighted by atomic mass is 10.2. The molecule has 1 saturated heterocycles. The molecule has 0 radical (unpaired) electrons. The Balaban J connectivity index is 1.87. The van der Waals surface area contributed by atoms with Crippen molar-refractivity contribution in [2.45, 2.75) is 25.2 Å². The molecule has 96 valence electrons. The Morgan fingerprint density at radius 3 is 3.00 bits per heavy atom. The molecule has 18 heavy (non-hydrogen) atoms. The molecular weight excluding hydrogens is 235 g/mol. The van der Waals surface area contributed by atoms with Gasteiger partial charge in [0.1, 0.15) is 18.2 Å². The van der Waals surface area contributed by atoms with Gasteiger partial charge >= 0.3 is 0 Å². The molecule has 0 spiro atoms. The van der Waals surface area contributed by atoms with Crippen LogP contribution in [0.4, 0.5) is 11.5 Å². The summed E-state index contributed by atoms with van der Waals surface area (Å²) in [4.78, 5) is 11.9. The first-order valence-electron chi connectivity index (χ1n) is 5.98. The highest BCUT2D eigenvalue weighted by Crippen LogP contribution is 2.41. The third-order valence-electron chi connectivity index (χ3n) is 3.44. The molecule has 2 N–H and O–H groups in total. The van der Waals surface area contributed by atoms with E-state index in [0.29, 0.717) is 18.2 Å². The second-order valence-corrected chi connectivity index (χ2v) is 4.65. The van der Waals surface area contributed by atoms with E-state index in [0.717, 1.165) is 12.8 Å². The Morgan fingerprint density at radius 1 is 1.44 bits per heavy atom. The number of ether oxygens (including phenoxy) is 1. The summed E-state index contributed by atoms with van der Waals surface area (Å²) >= 11 is 0. The van der Waals surface area contributed by atoms with Crippen molar-refractivity contribution in [3.8, 4) is 5.88 Å². The molecule has 0 saturated carbocycles. The van der Waals surface area contributed by atoms with Gasteiger partial charge in [-0.3, -0.25) is 0 Å². The normalized spacial score (nSPS) is 26.7. The first kappa shape index (κ1) is 11.5. The zero-order valence-electron chi connectivity index (χ0n) is 10.2. The fraction of sp³-hybridized carbons (Fsp3) is 0.600. The Labute approximate surface area is 105 Å². The van der Waals surface area contributed by atoms with Gasteiger partial charge in [0.05, 0.1) is 19.4 Å². The van der Waals surface area contributed by atoms with Crippen molar-refractivity contribution >= 4 is 19.5 Å². The molecule has 2 aliphatic rings. The lowest BCUT2D eigenvalue weighted by molar-refractivity contribution is 0.0113. The van der Waals surface area contributed by atoms with Crippen LogP contribution in [-0.4, -0.2) is 53.8 Å². The molecule has 0 aliphatic carbocycles. The van der Waals surface area contributed by atoms with Gasteiger partial charge in [-0.05, 0) is 12.8 Å². The highest BCUT2D eigenvalue weighted by molar-refractivity contribution is 6.20. The minimum atomic E-state index is -0.0974. The topological polar surface area (TPSA) is 82.0 Å². The molecule has 0 amide bonds. The van der Waals surface area contributed by atoms with Crippen LogP contribution >= 0.6 is 0 Å². The fourth-order valence-corrected chi connectivity index (χ4v) is 2.56. The van der Waals surface area contributed by atoms with E-state index >= 15 is 0 Å². The van der Waals surface area contributed by atoms with E-state index in [-0.39, 0.29) is 24.8 Å². The summed E-state index contributed by atoms with van der Waals surface area (Å²) in [5.74, 6) is 0.676. The van der Waals surface area contributed by atoms with E-state index in [1.807, 2.05) is 17.7 Å². The number of nitrogens with zero attached hydrogens (tertiary/aromatic N) is 4. The van der Waals surface area contributed by atoms with Crippen LogP contribution in [0.3, 0.4) is 0 Å². The van der Waals surface area contributed by atoms with Gasteiger partial charge in [-0.1, -0.05) is 0 Å². The highest BCUT2D eigenvalue weighted by atomic mass is 16.5. The van der Waals surface area contributed by atoms with Gasteiger partial charge in [0.2, 0.25) is 13.9 Å². The summed E-state index contributed by atoms with van der Waals surface area (Å²) in [6.07, 6.45) is 2.84. The van der Waals surface area contributed by atoms with Crippen LogP contribution in [0, 0.1) is 0 Å². The number of hydrogen-bond acceptors (Lipinski definition) is 7. The standard InChI is InChI=1S/C10H15BN4O3/c11-15-5-14(7-2-1-6(3-16)18-7)9-8(15)10(17)13-4-12-9/h4,6-7,16H,1-3,5,11H2,(H,12,13,17)/t6-,7+/m0/s1. The predicted molar refractivity (Wildman–Crippen MR) is 67.0 cm³/mol. The van der Waals surface area contributed by atoms with E-state index in [1.165, 1.54) is 6.33 Å². The smallest absolute Gasteiger partial charge is 0.239 e. The van der Waals surface area contributed by atoms with E-state index < -0.39 is 0 Å². The molecule has 0 unspecified atom stereocenters. The molecule has 0 aromatic carbocycles. The maximum atomic E-state index is 9.76. The van der Waals surface area contributed by atoms with E-state index in [2.05, 4.69) is 9.97 Å². The van der Waals surface area contributed by atoms with Crippen molar-refractivity contribution in [1.29, 1.82) is 0 Å². The van der Waals surface area contributed by atoms with Gasteiger partial charge in [0.25, 0.3) is 0 Å². The molecule has 7 nitrogen and oxygen atoms in total. The van der Waals surface area contributed by atoms with Crippen molar-refractivity contribution in [2.75, 3.05) is 23.0 Å². The molecule has 8 heteroatoms. The summed E-state index contributed by atoms with van der Waals surface area (Å²) in [6.45, 7) is 0.645. The molecule has 1 fully saturated rings. The maximum Gasteiger partial charge on any atom is 0.239 e. The Morgan fingerprint density at radius 2 is 2.28 bits per heavy atom. The summed E-state index contributed by atoms with van der Waals surface area (Å²) in [6, 6.07) is 0. The van der Waals surface area contributed by atoms with Crippen molar-refractivity contribution < 1.29 is 14.9 Å². The van der Waals surface area contributed by atoms with Crippen molar-refractivity contribution in [3.05, 3.63) is 6.33 Å². The summed E-state index contributed by atoms with van der Waals surface area (Å²) in [5.41, 5.74) is 0.633. The molecule has 3 rings (SSSR count). The van der Waals surface area contributed by atoms with Gasteiger partial charge in [-0.2, -0.15) is 0 Å². The van der Waals surface area contributed by atoms with E-state index in [4.69, 9.17) is 9.84 Å². The Hall–Kier alpha value is -1.54. The lowest BCUT2D eigenvalue weighted by Crippen LogP contribution is -2.38. The zero-order chi connectivity index (χ0) is 12.7. The summed E-state index contributed by atoms with van der Waals surface area (Å²) in [7, 11) is 1.88. The Bertz CT molecular complexity index is 461. The first-order valence-corrected chi connectivity index (χ1v) is 5.98. The van der Waals surface area contributed by atoms with E-state index in [1.54, 1.807) is 0 Å². The maximum absolute atomic E-state index is 9.76. The largest absolute Gasteiger partial charge is 0.492 e. The number of anilines is 2. The average Bonchev–Trinajstić information content (AvgIpc) is 2.94. The molecule has 1 aromatic rings. The van der Waals surface area contributed by atoms with Gasteiger partial charge < -0.3 is 24.7 Å². The first-order chi connectivity index (χ1) is 8.70. The van der Waals surface area contributed by atoms with Gasteiger partial charge in [-0.25, -0.2) is 9.97 Å². The Kier molecular flexibility index (Phi) is 2.75. The predicted octanol–water partition coefficient (Wildman–Crippen LogP) is -1.19. The molecule has 1 aromatic heterocycles. The highest BCUT2D eigenvalue weighted by Gasteiger charge is 2.37. The number of hydrogen-bond donors (Lipinski definition) is 2. The minimum Gasteiger partial charge on any atom is -0.492 e. The fourth-order valence-electron chi connectivity index (χ4n) is 2.56. The second-order valence-electron chi connectivity index (χ2n) is 4.65.